The van der Waals surface area contributed by atoms with E-state index in [1.165, 1.54) is 25.4 Å². The van der Waals surface area contributed by atoms with Crippen molar-refractivity contribution in [1.29, 1.82) is 0 Å². The number of esters is 1. The van der Waals surface area contributed by atoms with Gasteiger partial charge in [0.1, 0.15) is 11.5 Å². The lowest BCUT2D eigenvalue weighted by Crippen LogP contribution is -2.08. The molecule has 2 aromatic rings. The second-order valence-corrected chi connectivity index (χ2v) is 4.01. The zero-order valence-corrected chi connectivity index (χ0v) is 11.1. The molecular weight excluding hydrogens is 276 g/mol. The van der Waals surface area contributed by atoms with Crippen LogP contribution in [0.4, 0.5) is 5.82 Å². The number of pyridine rings is 1. The largest absolute Gasteiger partial charge is 0.477 e. The molecule has 108 valence electrons. The van der Waals surface area contributed by atoms with Crippen molar-refractivity contribution in [2.45, 2.75) is 6.54 Å². The smallest absolute Gasteiger partial charge is 0.358 e. The molecule has 2 aromatic heterocycles. The molecule has 0 radical (unpaired) electrons. The molecule has 0 aromatic carbocycles. The van der Waals surface area contributed by atoms with E-state index in [9.17, 15) is 9.59 Å². The van der Waals surface area contributed by atoms with E-state index < -0.39 is 11.9 Å². The normalized spacial score (nSPS) is 9.95. The van der Waals surface area contributed by atoms with Crippen LogP contribution in [0.1, 0.15) is 26.5 Å². The van der Waals surface area contributed by atoms with Gasteiger partial charge in [-0.1, -0.05) is 6.07 Å². The van der Waals surface area contributed by atoms with Gasteiger partial charge in [-0.3, -0.25) is 0 Å². The molecule has 8 nitrogen and oxygen atoms in total. The molecule has 2 heterocycles. The number of carbonyl (C=O) groups is 2. The highest BCUT2D eigenvalue weighted by atomic mass is 16.5. The van der Waals surface area contributed by atoms with Crippen LogP contribution in [0.3, 0.4) is 0 Å². The molecule has 0 bridgehead atoms. The van der Waals surface area contributed by atoms with Gasteiger partial charge in [-0.2, -0.15) is 0 Å². The summed E-state index contributed by atoms with van der Waals surface area (Å²) in [6.45, 7) is 0.402. The van der Waals surface area contributed by atoms with Crippen molar-refractivity contribution in [2.75, 3.05) is 12.4 Å². The molecule has 8 heteroatoms. The topological polar surface area (TPSA) is 114 Å². The maximum absolute atomic E-state index is 11.2. The quantitative estimate of drug-likeness (QED) is 0.782. The minimum Gasteiger partial charge on any atom is -0.477 e. The molecule has 0 spiro atoms. The first kappa shape index (κ1) is 14.4. The lowest BCUT2D eigenvalue weighted by molar-refractivity contribution is 0.0592. The van der Waals surface area contributed by atoms with Gasteiger partial charge < -0.3 is 15.2 Å². The van der Waals surface area contributed by atoms with E-state index in [0.717, 1.165) is 5.56 Å². The van der Waals surface area contributed by atoms with Gasteiger partial charge in [0.05, 0.1) is 7.11 Å². The van der Waals surface area contributed by atoms with Gasteiger partial charge in [0, 0.05) is 12.7 Å². The zero-order chi connectivity index (χ0) is 15.2. The number of carboxylic acids is 1. The first-order valence-corrected chi connectivity index (χ1v) is 5.94. The Morgan fingerprint density at radius 2 is 1.95 bits per heavy atom. The number of ether oxygens (including phenoxy) is 1. The summed E-state index contributed by atoms with van der Waals surface area (Å²) in [6.07, 6.45) is 1.46. The second kappa shape index (κ2) is 6.42. The van der Waals surface area contributed by atoms with Crippen molar-refractivity contribution in [1.82, 2.24) is 15.2 Å². The Hall–Kier alpha value is -3.03. The zero-order valence-electron chi connectivity index (χ0n) is 11.1. The van der Waals surface area contributed by atoms with Crippen LogP contribution in [-0.4, -0.2) is 39.3 Å². The lowest BCUT2D eigenvalue weighted by atomic mass is 10.2. The summed E-state index contributed by atoms with van der Waals surface area (Å²) in [5, 5.41) is 19.3. The molecule has 0 aliphatic heterocycles. The maximum Gasteiger partial charge on any atom is 0.358 e. The summed E-state index contributed by atoms with van der Waals surface area (Å²) >= 11 is 0. The molecule has 21 heavy (non-hydrogen) atoms. The van der Waals surface area contributed by atoms with Crippen LogP contribution in [-0.2, 0) is 11.3 Å². The Kier molecular flexibility index (Phi) is 4.39. The molecule has 2 rings (SSSR count). The van der Waals surface area contributed by atoms with Crippen molar-refractivity contribution in [3.05, 3.63) is 47.4 Å². The van der Waals surface area contributed by atoms with Gasteiger partial charge in [-0.25, -0.2) is 14.6 Å². The monoisotopic (exact) mass is 288 g/mol. The summed E-state index contributed by atoms with van der Waals surface area (Å²) in [5.41, 5.74) is 0.898. The number of hydrogen-bond donors (Lipinski definition) is 2. The Bertz CT molecular complexity index is 640. The molecule has 0 atom stereocenters. The third-order valence-electron chi connectivity index (χ3n) is 2.58. The van der Waals surface area contributed by atoms with Crippen molar-refractivity contribution in [3.63, 3.8) is 0 Å². The summed E-state index contributed by atoms with van der Waals surface area (Å²) in [5.74, 6) is -1.15. The predicted octanol–water partition coefficient (Wildman–Crippen LogP) is 0.968. The fraction of sp³-hybridized carbons (Fsp3) is 0.154. The van der Waals surface area contributed by atoms with Crippen molar-refractivity contribution in [3.8, 4) is 0 Å². The molecule has 0 amide bonds. The minimum atomic E-state index is -1.07. The lowest BCUT2D eigenvalue weighted by Gasteiger charge is -2.05. The van der Waals surface area contributed by atoms with E-state index in [-0.39, 0.29) is 11.4 Å². The number of hydrogen-bond acceptors (Lipinski definition) is 7. The third-order valence-corrected chi connectivity index (χ3v) is 2.58. The first-order chi connectivity index (χ1) is 10.1. The minimum absolute atomic E-state index is 0.0130. The van der Waals surface area contributed by atoms with Crippen LogP contribution in [0.15, 0.2) is 30.5 Å². The molecule has 2 N–H and O–H groups in total. The number of aromatic nitrogens is 3. The fourth-order valence-electron chi connectivity index (χ4n) is 1.49. The maximum atomic E-state index is 11.2. The Labute approximate surface area is 119 Å². The standard InChI is InChI=1S/C13H12N4O4/c1-21-13(20)10-4-5-11(17-16-10)15-7-8-2-3-9(12(18)19)14-6-8/h2-6H,7H2,1H3,(H,15,17)(H,18,19). The Morgan fingerprint density at radius 3 is 2.48 bits per heavy atom. The van der Waals surface area contributed by atoms with Crippen LogP contribution in [0.25, 0.3) is 0 Å². The average Bonchev–Trinajstić information content (AvgIpc) is 2.53. The van der Waals surface area contributed by atoms with Gasteiger partial charge in [0.15, 0.2) is 5.69 Å². The molecule has 0 fully saturated rings. The van der Waals surface area contributed by atoms with E-state index in [2.05, 4.69) is 25.2 Å². The van der Waals surface area contributed by atoms with E-state index in [4.69, 9.17) is 5.11 Å². The molecule has 0 aliphatic rings. The van der Waals surface area contributed by atoms with E-state index in [1.807, 2.05) is 0 Å². The van der Waals surface area contributed by atoms with E-state index >= 15 is 0 Å². The Balaban J connectivity index is 1.96. The number of rotatable bonds is 5. The van der Waals surface area contributed by atoms with Gasteiger partial charge in [-0.05, 0) is 23.8 Å². The second-order valence-electron chi connectivity index (χ2n) is 4.01. The van der Waals surface area contributed by atoms with Gasteiger partial charge >= 0.3 is 11.9 Å². The van der Waals surface area contributed by atoms with Crippen molar-refractivity contribution >= 4 is 17.8 Å². The summed E-state index contributed by atoms with van der Waals surface area (Å²) in [4.78, 5) is 25.7. The number of nitrogens with zero attached hydrogens (tertiary/aromatic N) is 3. The number of nitrogens with one attached hydrogen (secondary N) is 1. The number of methoxy groups -OCH3 is 1. The number of anilines is 1. The van der Waals surface area contributed by atoms with E-state index in [0.29, 0.717) is 12.4 Å². The highest BCUT2D eigenvalue weighted by molar-refractivity contribution is 5.87. The molecular formula is C13H12N4O4. The molecule has 0 aliphatic carbocycles. The number of aromatic carboxylic acids is 1. The summed E-state index contributed by atoms with van der Waals surface area (Å²) < 4.78 is 4.52. The van der Waals surface area contributed by atoms with Crippen molar-refractivity contribution in [2.24, 2.45) is 0 Å². The van der Waals surface area contributed by atoms with Gasteiger partial charge in [0.25, 0.3) is 0 Å². The summed E-state index contributed by atoms with van der Waals surface area (Å²) in [6, 6.07) is 6.16. The number of carboxylic acid groups (broad SMARTS) is 1. The van der Waals surface area contributed by atoms with Gasteiger partial charge in [0.2, 0.25) is 0 Å². The number of carbonyl (C=O) groups excluding carboxylic acids is 1. The Morgan fingerprint density at radius 1 is 1.19 bits per heavy atom. The van der Waals surface area contributed by atoms with Crippen molar-refractivity contribution < 1.29 is 19.4 Å². The molecule has 0 saturated carbocycles. The van der Waals surface area contributed by atoms with Crippen LogP contribution in [0.5, 0.6) is 0 Å². The fourth-order valence-corrected chi connectivity index (χ4v) is 1.49. The average molecular weight is 288 g/mol. The predicted molar refractivity (Wildman–Crippen MR) is 71.9 cm³/mol. The third kappa shape index (κ3) is 3.72. The molecule has 0 unspecified atom stereocenters. The first-order valence-electron chi connectivity index (χ1n) is 5.94. The highest BCUT2D eigenvalue weighted by Gasteiger charge is 2.07. The van der Waals surface area contributed by atoms with Crippen LogP contribution in [0, 0.1) is 0 Å². The highest BCUT2D eigenvalue weighted by Crippen LogP contribution is 2.06. The van der Waals surface area contributed by atoms with E-state index in [1.54, 1.807) is 12.1 Å². The van der Waals surface area contributed by atoms with Crippen LogP contribution in [0.2, 0.25) is 0 Å². The molecule has 0 saturated heterocycles. The SMILES string of the molecule is COC(=O)c1ccc(NCc2ccc(C(=O)O)nc2)nn1. The van der Waals surface area contributed by atoms with Crippen LogP contribution < -0.4 is 5.32 Å². The van der Waals surface area contributed by atoms with Crippen LogP contribution >= 0.6 is 0 Å². The summed E-state index contributed by atoms with van der Waals surface area (Å²) in [7, 11) is 1.27. The van der Waals surface area contributed by atoms with Gasteiger partial charge in [-0.15, -0.1) is 10.2 Å².